The van der Waals surface area contributed by atoms with Gasteiger partial charge in [0.05, 0.1) is 16.4 Å². The Kier molecular flexibility index (Phi) is 6.89. The first-order chi connectivity index (χ1) is 13.8. The third-order valence-electron chi connectivity index (χ3n) is 4.60. The molecule has 2 aromatic rings. The van der Waals surface area contributed by atoms with E-state index in [9.17, 15) is 16.8 Å². The van der Waals surface area contributed by atoms with E-state index in [1.807, 2.05) is 4.90 Å². The van der Waals surface area contributed by atoms with Crippen molar-refractivity contribution in [2.75, 3.05) is 36.8 Å². The SMILES string of the molecule is CN(C)S(=O)(=O)c1ccc(S(=O)(=O)Nc2cccc(Cl)c2N2CCC(Cl)(Cl)CC2)s1. The molecule has 1 aromatic heterocycles. The third kappa shape index (κ3) is 5.01. The number of sulfonamides is 2. The Morgan fingerprint density at radius 1 is 1.03 bits per heavy atom. The predicted octanol–water partition coefficient (Wildman–Crippen LogP) is 4.23. The van der Waals surface area contributed by atoms with E-state index in [0.29, 0.717) is 53.7 Å². The van der Waals surface area contributed by atoms with E-state index in [1.54, 1.807) is 18.2 Å². The molecule has 3 rings (SSSR count). The molecule has 166 valence electrons. The number of nitrogens with one attached hydrogen (secondary N) is 1. The van der Waals surface area contributed by atoms with Crippen LogP contribution < -0.4 is 9.62 Å². The second-order valence-corrected chi connectivity index (χ2v) is 14.4. The molecule has 0 amide bonds. The van der Waals surface area contributed by atoms with Gasteiger partial charge in [-0.3, -0.25) is 4.72 Å². The van der Waals surface area contributed by atoms with Gasteiger partial charge in [-0.25, -0.2) is 21.1 Å². The van der Waals surface area contributed by atoms with Gasteiger partial charge in [-0.2, -0.15) is 0 Å². The van der Waals surface area contributed by atoms with Crippen LogP contribution in [0.2, 0.25) is 5.02 Å². The van der Waals surface area contributed by atoms with Crippen LogP contribution in [0.4, 0.5) is 11.4 Å². The Balaban J connectivity index is 1.92. The third-order valence-corrected chi connectivity index (χ3v) is 10.9. The lowest BCUT2D eigenvalue weighted by Crippen LogP contribution is -2.38. The van der Waals surface area contributed by atoms with E-state index in [-0.39, 0.29) is 8.42 Å². The van der Waals surface area contributed by atoms with Crippen molar-refractivity contribution in [1.29, 1.82) is 0 Å². The molecule has 1 saturated heterocycles. The highest BCUT2D eigenvalue weighted by molar-refractivity contribution is 7.96. The van der Waals surface area contributed by atoms with Crippen LogP contribution in [0.5, 0.6) is 0 Å². The predicted molar refractivity (Wildman–Crippen MR) is 123 cm³/mol. The van der Waals surface area contributed by atoms with Crippen molar-refractivity contribution >= 4 is 77.6 Å². The molecule has 1 aliphatic heterocycles. The van der Waals surface area contributed by atoms with Crippen molar-refractivity contribution in [3.8, 4) is 0 Å². The number of alkyl halides is 2. The van der Waals surface area contributed by atoms with Gasteiger partial charge in [0.15, 0.2) is 0 Å². The molecule has 0 radical (unpaired) electrons. The van der Waals surface area contributed by atoms with Gasteiger partial charge < -0.3 is 4.90 Å². The van der Waals surface area contributed by atoms with E-state index in [1.165, 1.54) is 26.2 Å². The number of para-hydroxylation sites is 1. The standard InChI is InChI=1S/C17H20Cl3N3O4S3/c1-22(2)30(26,27)15-7-6-14(28-15)29(24,25)21-13-5-3-4-12(18)16(13)23-10-8-17(19,20)9-11-23/h3-7,21H,8-11H2,1-2H3. The minimum Gasteiger partial charge on any atom is -0.368 e. The van der Waals surface area contributed by atoms with Crippen LogP contribution >= 0.6 is 46.1 Å². The highest BCUT2D eigenvalue weighted by Crippen LogP contribution is 2.41. The molecule has 1 N–H and O–H groups in total. The number of halogens is 3. The van der Waals surface area contributed by atoms with Gasteiger partial charge in [0.2, 0.25) is 0 Å². The number of rotatable bonds is 6. The largest absolute Gasteiger partial charge is 0.368 e. The van der Waals surface area contributed by atoms with Crippen LogP contribution in [-0.4, -0.2) is 52.7 Å². The Morgan fingerprint density at radius 3 is 2.23 bits per heavy atom. The molecule has 0 aliphatic carbocycles. The van der Waals surface area contributed by atoms with E-state index < -0.39 is 24.4 Å². The van der Waals surface area contributed by atoms with Crippen molar-refractivity contribution in [3.63, 3.8) is 0 Å². The molecule has 0 unspecified atom stereocenters. The van der Waals surface area contributed by atoms with Crippen LogP contribution in [-0.2, 0) is 20.0 Å². The Labute approximate surface area is 195 Å². The minimum atomic E-state index is -4.03. The van der Waals surface area contributed by atoms with Crippen LogP contribution in [0, 0.1) is 0 Å². The second-order valence-electron chi connectivity index (χ2n) is 6.95. The number of piperidine rings is 1. The molecule has 13 heteroatoms. The van der Waals surface area contributed by atoms with Crippen molar-refractivity contribution in [3.05, 3.63) is 35.4 Å². The summed E-state index contributed by atoms with van der Waals surface area (Å²) < 4.78 is 53.0. The monoisotopic (exact) mass is 531 g/mol. The molecule has 1 aromatic carbocycles. The van der Waals surface area contributed by atoms with E-state index in [4.69, 9.17) is 34.8 Å². The van der Waals surface area contributed by atoms with E-state index in [2.05, 4.69) is 4.72 Å². The summed E-state index contributed by atoms with van der Waals surface area (Å²) in [5.41, 5.74) is 0.828. The molecule has 1 fully saturated rings. The Morgan fingerprint density at radius 2 is 1.63 bits per heavy atom. The zero-order chi connectivity index (χ0) is 22.3. The number of hydrogen-bond acceptors (Lipinski definition) is 6. The summed E-state index contributed by atoms with van der Waals surface area (Å²) in [5.74, 6) is 0. The van der Waals surface area contributed by atoms with Gasteiger partial charge in [-0.15, -0.1) is 34.5 Å². The van der Waals surface area contributed by atoms with Gasteiger partial charge in [-0.1, -0.05) is 17.7 Å². The first-order valence-corrected chi connectivity index (χ1v) is 13.7. The maximum atomic E-state index is 12.9. The molecule has 1 aliphatic rings. The molecule has 2 heterocycles. The molecule has 0 bridgehead atoms. The van der Waals surface area contributed by atoms with Gasteiger partial charge in [-0.05, 0) is 37.1 Å². The van der Waals surface area contributed by atoms with Crippen molar-refractivity contribution < 1.29 is 16.8 Å². The summed E-state index contributed by atoms with van der Waals surface area (Å²) in [7, 11) is -4.99. The summed E-state index contributed by atoms with van der Waals surface area (Å²) in [6.45, 7) is 1.02. The van der Waals surface area contributed by atoms with Crippen LogP contribution in [0.15, 0.2) is 38.8 Å². The fourth-order valence-electron chi connectivity index (χ4n) is 2.94. The Hall–Kier alpha value is -0.750. The lowest BCUT2D eigenvalue weighted by atomic mass is 10.1. The zero-order valence-corrected chi connectivity index (χ0v) is 20.8. The van der Waals surface area contributed by atoms with Gasteiger partial charge in [0.25, 0.3) is 20.0 Å². The van der Waals surface area contributed by atoms with E-state index >= 15 is 0 Å². The number of anilines is 2. The van der Waals surface area contributed by atoms with Crippen LogP contribution in [0.3, 0.4) is 0 Å². The molecule has 0 spiro atoms. The highest BCUT2D eigenvalue weighted by Gasteiger charge is 2.32. The number of hydrogen-bond donors (Lipinski definition) is 1. The zero-order valence-electron chi connectivity index (χ0n) is 16.1. The van der Waals surface area contributed by atoms with E-state index in [0.717, 1.165) is 4.31 Å². The van der Waals surface area contributed by atoms with Gasteiger partial charge in [0, 0.05) is 27.2 Å². The van der Waals surface area contributed by atoms with Crippen molar-refractivity contribution in [2.45, 2.75) is 25.6 Å². The molecule has 0 atom stereocenters. The molecule has 30 heavy (non-hydrogen) atoms. The molecular weight excluding hydrogens is 513 g/mol. The topological polar surface area (TPSA) is 86.8 Å². The number of thiophene rings is 1. The quantitative estimate of drug-likeness (QED) is 0.563. The van der Waals surface area contributed by atoms with Crippen molar-refractivity contribution in [1.82, 2.24) is 4.31 Å². The number of benzene rings is 1. The van der Waals surface area contributed by atoms with Crippen molar-refractivity contribution in [2.24, 2.45) is 0 Å². The fraction of sp³-hybridized carbons (Fsp3) is 0.412. The first kappa shape index (κ1) is 23.9. The summed E-state index contributed by atoms with van der Waals surface area (Å²) in [6, 6.07) is 7.46. The first-order valence-electron chi connectivity index (χ1n) is 8.80. The molecular formula is C17H20Cl3N3O4S3. The molecule has 0 saturated carbocycles. The summed E-state index contributed by atoms with van der Waals surface area (Å²) in [6.07, 6.45) is 1.01. The lowest BCUT2D eigenvalue weighted by molar-refractivity contribution is 0.523. The average molecular weight is 533 g/mol. The fourth-order valence-corrected chi connectivity index (χ4v) is 7.57. The number of nitrogens with zero attached hydrogens (tertiary/aromatic N) is 2. The highest BCUT2D eigenvalue weighted by atomic mass is 35.5. The Bertz CT molecular complexity index is 1140. The normalized spacial score (nSPS) is 17.3. The maximum Gasteiger partial charge on any atom is 0.271 e. The average Bonchev–Trinajstić information content (AvgIpc) is 3.14. The summed E-state index contributed by atoms with van der Waals surface area (Å²) in [4.78, 5) is 1.93. The lowest BCUT2D eigenvalue weighted by Gasteiger charge is -2.36. The second kappa shape index (κ2) is 8.65. The molecule has 7 nitrogen and oxygen atoms in total. The van der Waals surface area contributed by atoms with Gasteiger partial charge in [0.1, 0.15) is 12.8 Å². The summed E-state index contributed by atoms with van der Waals surface area (Å²) in [5, 5.41) is 0.383. The van der Waals surface area contributed by atoms with Crippen LogP contribution in [0.1, 0.15) is 12.8 Å². The smallest absolute Gasteiger partial charge is 0.271 e. The minimum absolute atomic E-state index is 0.0595. The van der Waals surface area contributed by atoms with Crippen LogP contribution in [0.25, 0.3) is 0 Å². The summed E-state index contributed by atoms with van der Waals surface area (Å²) >= 11 is 19.5. The van der Waals surface area contributed by atoms with Gasteiger partial charge >= 0.3 is 0 Å². The maximum absolute atomic E-state index is 12.9.